The van der Waals surface area contributed by atoms with E-state index in [4.69, 9.17) is 5.11 Å². The molecule has 15 heavy (non-hydrogen) atoms. The quantitative estimate of drug-likeness (QED) is 0.650. The number of urea groups is 1. The Bertz CT molecular complexity index is 241. The van der Waals surface area contributed by atoms with Gasteiger partial charge in [-0.25, -0.2) is 4.79 Å². The van der Waals surface area contributed by atoms with Crippen LogP contribution in [0.25, 0.3) is 0 Å². The molecule has 0 fully saturated rings. The maximum absolute atomic E-state index is 11.5. The molecular formula is C10H18N2O3. The summed E-state index contributed by atoms with van der Waals surface area (Å²) in [5, 5.41) is 11.0. The van der Waals surface area contributed by atoms with E-state index in [9.17, 15) is 9.59 Å². The van der Waals surface area contributed by atoms with Crippen LogP contribution in [-0.4, -0.2) is 41.1 Å². The highest BCUT2D eigenvalue weighted by Crippen LogP contribution is 1.94. The van der Waals surface area contributed by atoms with Gasteiger partial charge in [-0.05, 0) is 13.3 Å². The third-order valence-corrected chi connectivity index (χ3v) is 1.84. The lowest BCUT2D eigenvalue weighted by molar-refractivity contribution is -0.138. The Morgan fingerprint density at radius 1 is 1.60 bits per heavy atom. The van der Waals surface area contributed by atoms with E-state index in [1.807, 2.05) is 6.92 Å². The first-order valence-electron chi connectivity index (χ1n) is 4.92. The normalized spacial score (nSPS) is 11.6. The molecule has 0 saturated carbocycles. The van der Waals surface area contributed by atoms with Crippen LogP contribution in [0.15, 0.2) is 12.7 Å². The molecule has 5 nitrogen and oxygen atoms in total. The Morgan fingerprint density at radius 2 is 2.20 bits per heavy atom. The molecule has 0 aliphatic carbocycles. The number of carbonyl (C=O) groups is 2. The average molecular weight is 214 g/mol. The average Bonchev–Trinajstić information content (AvgIpc) is 2.17. The van der Waals surface area contributed by atoms with E-state index in [1.54, 1.807) is 6.08 Å². The van der Waals surface area contributed by atoms with Crippen molar-refractivity contribution in [1.29, 1.82) is 0 Å². The molecular weight excluding hydrogens is 196 g/mol. The van der Waals surface area contributed by atoms with E-state index in [0.717, 1.165) is 6.42 Å². The van der Waals surface area contributed by atoms with Gasteiger partial charge in [0.15, 0.2) is 0 Å². The van der Waals surface area contributed by atoms with Gasteiger partial charge in [-0.15, -0.1) is 6.58 Å². The van der Waals surface area contributed by atoms with Gasteiger partial charge in [0.2, 0.25) is 0 Å². The fourth-order valence-electron chi connectivity index (χ4n) is 1.04. The number of amides is 2. The van der Waals surface area contributed by atoms with Crippen molar-refractivity contribution in [3.63, 3.8) is 0 Å². The number of hydrogen-bond acceptors (Lipinski definition) is 2. The van der Waals surface area contributed by atoms with Gasteiger partial charge in [0.05, 0.1) is 0 Å². The molecule has 1 atom stereocenters. The molecule has 0 heterocycles. The summed E-state index contributed by atoms with van der Waals surface area (Å²) in [5.41, 5.74) is 0. The lowest BCUT2D eigenvalue weighted by Gasteiger charge is -2.22. The van der Waals surface area contributed by atoms with Crippen LogP contribution in [0.3, 0.4) is 0 Å². The molecule has 0 aromatic heterocycles. The van der Waals surface area contributed by atoms with Crippen molar-refractivity contribution in [2.45, 2.75) is 26.3 Å². The minimum Gasteiger partial charge on any atom is -0.480 e. The van der Waals surface area contributed by atoms with Crippen molar-refractivity contribution < 1.29 is 14.7 Å². The first-order chi connectivity index (χ1) is 7.02. The smallest absolute Gasteiger partial charge is 0.325 e. The van der Waals surface area contributed by atoms with Crippen molar-refractivity contribution in [1.82, 2.24) is 10.2 Å². The van der Waals surface area contributed by atoms with Gasteiger partial charge in [0, 0.05) is 13.1 Å². The van der Waals surface area contributed by atoms with Crippen LogP contribution in [-0.2, 0) is 4.79 Å². The second kappa shape index (κ2) is 6.86. The monoisotopic (exact) mass is 214 g/mol. The Labute approximate surface area is 89.8 Å². The summed E-state index contributed by atoms with van der Waals surface area (Å²) in [7, 11) is 0. The number of carbonyl (C=O) groups excluding carboxylic acids is 1. The van der Waals surface area contributed by atoms with Crippen LogP contribution in [0.2, 0.25) is 0 Å². The Balaban J connectivity index is 4.24. The van der Waals surface area contributed by atoms with Crippen LogP contribution in [0.4, 0.5) is 4.79 Å². The van der Waals surface area contributed by atoms with Gasteiger partial charge in [-0.2, -0.15) is 0 Å². The Kier molecular flexibility index (Phi) is 6.17. The van der Waals surface area contributed by atoms with Crippen LogP contribution >= 0.6 is 0 Å². The molecule has 0 spiro atoms. The molecule has 2 amide bonds. The van der Waals surface area contributed by atoms with Crippen LogP contribution < -0.4 is 5.32 Å². The van der Waals surface area contributed by atoms with Crippen LogP contribution in [0.5, 0.6) is 0 Å². The van der Waals surface area contributed by atoms with Gasteiger partial charge >= 0.3 is 12.0 Å². The van der Waals surface area contributed by atoms with E-state index in [-0.39, 0.29) is 6.03 Å². The molecule has 0 saturated heterocycles. The van der Waals surface area contributed by atoms with Crippen LogP contribution in [0.1, 0.15) is 20.3 Å². The summed E-state index contributed by atoms with van der Waals surface area (Å²) in [5.74, 6) is -1.04. The van der Waals surface area contributed by atoms with Crippen molar-refractivity contribution in [2.75, 3.05) is 13.1 Å². The maximum Gasteiger partial charge on any atom is 0.325 e. The maximum atomic E-state index is 11.5. The topological polar surface area (TPSA) is 69.6 Å². The minimum atomic E-state index is -1.04. The number of rotatable bonds is 6. The third kappa shape index (κ3) is 5.05. The van der Waals surface area contributed by atoms with Crippen molar-refractivity contribution in [2.24, 2.45) is 0 Å². The van der Waals surface area contributed by atoms with Gasteiger partial charge in [-0.3, -0.25) is 4.79 Å². The van der Waals surface area contributed by atoms with Gasteiger partial charge < -0.3 is 15.3 Å². The van der Waals surface area contributed by atoms with E-state index in [0.29, 0.717) is 13.1 Å². The molecule has 2 N–H and O–H groups in total. The summed E-state index contributed by atoms with van der Waals surface area (Å²) < 4.78 is 0. The highest BCUT2D eigenvalue weighted by atomic mass is 16.4. The Hall–Kier alpha value is -1.52. The van der Waals surface area contributed by atoms with Gasteiger partial charge in [0.25, 0.3) is 0 Å². The molecule has 0 rings (SSSR count). The number of aliphatic carboxylic acids is 1. The molecule has 0 radical (unpaired) electrons. The number of nitrogens with one attached hydrogen (secondary N) is 1. The molecule has 86 valence electrons. The number of nitrogens with zero attached hydrogens (tertiary/aromatic N) is 1. The highest BCUT2D eigenvalue weighted by molar-refractivity contribution is 5.82. The predicted molar refractivity (Wildman–Crippen MR) is 57.7 cm³/mol. The zero-order valence-corrected chi connectivity index (χ0v) is 9.19. The molecule has 5 heteroatoms. The van der Waals surface area contributed by atoms with Gasteiger partial charge in [0.1, 0.15) is 6.04 Å². The number of carboxylic acids is 1. The zero-order valence-electron chi connectivity index (χ0n) is 9.19. The molecule has 0 bridgehead atoms. The first kappa shape index (κ1) is 13.5. The van der Waals surface area contributed by atoms with Crippen molar-refractivity contribution in [3.05, 3.63) is 12.7 Å². The lowest BCUT2D eigenvalue weighted by Crippen LogP contribution is -2.46. The molecule has 0 aliphatic rings. The minimum absolute atomic E-state index is 0.369. The summed E-state index contributed by atoms with van der Waals surface area (Å²) in [6.07, 6.45) is 2.43. The second-order valence-electron chi connectivity index (χ2n) is 3.24. The largest absolute Gasteiger partial charge is 0.480 e. The summed E-state index contributed by atoms with van der Waals surface area (Å²) in [6.45, 7) is 7.93. The van der Waals surface area contributed by atoms with Crippen LogP contribution in [0, 0.1) is 0 Å². The van der Waals surface area contributed by atoms with E-state index < -0.39 is 12.0 Å². The van der Waals surface area contributed by atoms with Gasteiger partial charge in [-0.1, -0.05) is 13.0 Å². The van der Waals surface area contributed by atoms with E-state index in [2.05, 4.69) is 11.9 Å². The molecule has 0 aliphatic heterocycles. The highest BCUT2D eigenvalue weighted by Gasteiger charge is 2.17. The molecule has 0 aromatic rings. The van der Waals surface area contributed by atoms with Crippen molar-refractivity contribution in [3.8, 4) is 0 Å². The summed E-state index contributed by atoms with van der Waals surface area (Å²) >= 11 is 0. The fraction of sp³-hybridized carbons (Fsp3) is 0.600. The SMILES string of the molecule is C=CCN(CCC)C(=O)N[C@H](C)C(=O)O. The zero-order chi connectivity index (χ0) is 11.8. The van der Waals surface area contributed by atoms with E-state index >= 15 is 0 Å². The number of hydrogen-bond donors (Lipinski definition) is 2. The first-order valence-corrected chi connectivity index (χ1v) is 4.92. The second-order valence-corrected chi connectivity index (χ2v) is 3.24. The summed E-state index contributed by atoms with van der Waals surface area (Å²) in [4.78, 5) is 23.6. The predicted octanol–water partition coefficient (Wildman–Crippen LogP) is 1.07. The third-order valence-electron chi connectivity index (χ3n) is 1.84. The van der Waals surface area contributed by atoms with E-state index in [1.165, 1.54) is 11.8 Å². The molecule has 0 aromatic carbocycles. The number of carboxylic acid groups (broad SMARTS) is 1. The molecule has 0 unspecified atom stereocenters. The lowest BCUT2D eigenvalue weighted by atomic mass is 10.3. The standard InChI is InChI=1S/C10H18N2O3/c1-4-6-12(7-5-2)10(15)11-8(3)9(13)14/h4,8H,1,5-7H2,2-3H3,(H,11,15)(H,13,14)/t8-/m1/s1. The fourth-order valence-corrected chi connectivity index (χ4v) is 1.04. The van der Waals surface area contributed by atoms with Crippen molar-refractivity contribution >= 4 is 12.0 Å². The summed E-state index contributed by atoms with van der Waals surface area (Å²) in [6, 6.07) is -1.24. The Morgan fingerprint density at radius 3 is 2.60 bits per heavy atom.